The lowest BCUT2D eigenvalue weighted by Gasteiger charge is -2.38. The minimum atomic E-state index is -3.52. The molecule has 1 N–H and O–H groups in total. The van der Waals surface area contributed by atoms with Gasteiger partial charge in [-0.1, -0.05) is 24.3 Å². The molecule has 0 aliphatic carbocycles. The minimum Gasteiger partial charge on any atom is -0.491 e. The Kier molecular flexibility index (Phi) is 5.61. The molecular weight excluding hydrogens is 388 g/mol. The number of piperidine rings is 1. The average molecular weight is 415 g/mol. The summed E-state index contributed by atoms with van der Waals surface area (Å²) in [7, 11) is -3.52. The van der Waals surface area contributed by atoms with Crippen LogP contribution in [0, 0.1) is 18.8 Å². The zero-order chi connectivity index (χ0) is 20.4. The van der Waals surface area contributed by atoms with Crippen LogP contribution in [0.3, 0.4) is 0 Å². The number of amides is 1. The molecule has 4 rings (SSSR count). The Morgan fingerprint density at radius 2 is 1.86 bits per heavy atom. The van der Waals surface area contributed by atoms with Crippen LogP contribution < -0.4 is 10.1 Å². The second-order valence-corrected chi connectivity index (χ2v) is 9.81. The summed E-state index contributed by atoms with van der Waals surface area (Å²) in [5.74, 6) is 0.843. The summed E-state index contributed by atoms with van der Waals surface area (Å²) in [4.78, 5) is 12.9. The van der Waals surface area contributed by atoms with Gasteiger partial charge in [-0.05, 0) is 61.4 Å². The number of anilines is 1. The maximum Gasteiger partial charge on any atom is 0.243 e. The van der Waals surface area contributed by atoms with Gasteiger partial charge in [-0.25, -0.2) is 8.42 Å². The smallest absolute Gasteiger partial charge is 0.243 e. The fourth-order valence-corrected chi connectivity index (χ4v) is 5.76. The molecule has 1 amide bonds. The van der Waals surface area contributed by atoms with Gasteiger partial charge in [0.05, 0.1) is 17.2 Å². The van der Waals surface area contributed by atoms with E-state index in [1.807, 2.05) is 31.2 Å². The lowest BCUT2D eigenvalue weighted by molar-refractivity contribution is -0.117. The average Bonchev–Trinajstić information content (AvgIpc) is 2.71. The van der Waals surface area contributed by atoms with E-state index in [0.29, 0.717) is 55.3 Å². The summed E-state index contributed by atoms with van der Waals surface area (Å²) < 4.78 is 33.5. The number of rotatable bonds is 2. The molecule has 2 heterocycles. The monoisotopic (exact) mass is 414 g/mol. The number of aryl methyl sites for hydroxylation is 1. The van der Waals surface area contributed by atoms with Gasteiger partial charge in [0.2, 0.25) is 15.9 Å². The van der Waals surface area contributed by atoms with Crippen LogP contribution in [0.1, 0.15) is 24.8 Å². The van der Waals surface area contributed by atoms with E-state index < -0.39 is 10.0 Å². The van der Waals surface area contributed by atoms with Crippen LogP contribution in [0.15, 0.2) is 53.4 Å². The van der Waals surface area contributed by atoms with Gasteiger partial charge in [0.1, 0.15) is 5.75 Å². The van der Waals surface area contributed by atoms with Crippen molar-refractivity contribution in [3.05, 3.63) is 54.1 Å². The van der Waals surface area contributed by atoms with Crippen molar-refractivity contribution < 1.29 is 17.9 Å². The second-order valence-electron chi connectivity index (χ2n) is 7.87. The molecule has 2 atom stereocenters. The van der Waals surface area contributed by atoms with Crippen LogP contribution in [0.2, 0.25) is 0 Å². The van der Waals surface area contributed by atoms with Crippen molar-refractivity contribution in [3.63, 3.8) is 0 Å². The summed E-state index contributed by atoms with van der Waals surface area (Å²) >= 11 is 0. The van der Waals surface area contributed by atoms with E-state index in [-0.39, 0.29) is 17.7 Å². The molecule has 0 aromatic heterocycles. The normalized spacial score (nSPS) is 23.3. The number of sulfonamides is 1. The number of ether oxygens (including phenoxy) is 1. The van der Waals surface area contributed by atoms with E-state index in [2.05, 4.69) is 5.32 Å². The summed E-state index contributed by atoms with van der Waals surface area (Å²) in [5, 5.41) is 2.98. The van der Waals surface area contributed by atoms with E-state index >= 15 is 0 Å². The minimum absolute atomic E-state index is 0.0447. The van der Waals surface area contributed by atoms with Crippen molar-refractivity contribution in [2.45, 2.75) is 31.1 Å². The van der Waals surface area contributed by atoms with Crippen molar-refractivity contribution in [1.82, 2.24) is 4.31 Å². The fraction of sp³-hybridized carbons (Fsp3) is 0.409. The molecule has 2 aromatic carbocycles. The summed E-state index contributed by atoms with van der Waals surface area (Å²) in [5.41, 5.74) is 1.76. The molecule has 0 saturated carbocycles. The Morgan fingerprint density at radius 3 is 2.66 bits per heavy atom. The highest BCUT2D eigenvalue weighted by Gasteiger charge is 2.36. The standard InChI is InChI=1S/C22H26N2O4S/c1-16-7-8-21-20(13-16)23-22(25)14-17-9-11-24(15-18(17)10-12-28-21)29(26,27)19-5-3-2-4-6-19/h2-8,13,17-18H,9-12,14-15H2,1H3,(H,23,25)/t17-,18-/m0/s1. The zero-order valence-electron chi connectivity index (χ0n) is 16.5. The predicted octanol–water partition coefficient (Wildman–Crippen LogP) is 3.43. The molecule has 0 bridgehead atoms. The van der Waals surface area contributed by atoms with Gasteiger partial charge >= 0.3 is 0 Å². The molecule has 0 spiro atoms. The Balaban J connectivity index is 1.53. The topological polar surface area (TPSA) is 75.7 Å². The first-order chi connectivity index (χ1) is 13.9. The van der Waals surface area contributed by atoms with Gasteiger partial charge in [-0.2, -0.15) is 4.31 Å². The third kappa shape index (κ3) is 4.31. The van der Waals surface area contributed by atoms with Crippen LogP contribution in [-0.4, -0.2) is 38.3 Å². The van der Waals surface area contributed by atoms with E-state index in [0.717, 1.165) is 5.56 Å². The molecule has 6 nitrogen and oxygen atoms in total. The molecular formula is C22H26N2O4S. The number of nitrogens with zero attached hydrogens (tertiary/aromatic N) is 1. The molecule has 0 unspecified atom stereocenters. The first-order valence-corrected chi connectivity index (χ1v) is 11.5. The van der Waals surface area contributed by atoms with Gasteiger partial charge in [-0.3, -0.25) is 4.79 Å². The summed E-state index contributed by atoms with van der Waals surface area (Å²) in [6, 6.07) is 14.3. The molecule has 154 valence electrons. The van der Waals surface area contributed by atoms with Gasteiger partial charge in [0, 0.05) is 19.5 Å². The second kappa shape index (κ2) is 8.16. The van der Waals surface area contributed by atoms with Crippen molar-refractivity contribution in [3.8, 4) is 5.75 Å². The molecule has 0 radical (unpaired) electrons. The Morgan fingerprint density at radius 1 is 1.07 bits per heavy atom. The third-order valence-corrected chi connectivity index (χ3v) is 7.72. The number of fused-ring (bicyclic) bond motifs is 2. The van der Waals surface area contributed by atoms with E-state index in [4.69, 9.17) is 4.74 Å². The van der Waals surface area contributed by atoms with Crippen LogP contribution in [0.4, 0.5) is 5.69 Å². The van der Waals surface area contributed by atoms with Gasteiger partial charge in [0.25, 0.3) is 0 Å². The van der Waals surface area contributed by atoms with Crippen LogP contribution in [0.25, 0.3) is 0 Å². The highest BCUT2D eigenvalue weighted by atomic mass is 32.2. The number of carbonyl (C=O) groups is 1. The largest absolute Gasteiger partial charge is 0.491 e. The molecule has 7 heteroatoms. The first-order valence-electron chi connectivity index (χ1n) is 10.0. The Bertz CT molecular complexity index is 991. The number of hydrogen-bond acceptors (Lipinski definition) is 4. The van der Waals surface area contributed by atoms with Crippen LogP contribution >= 0.6 is 0 Å². The molecule has 2 aliphatic rings. The number of hydrogen-bond donors (Lipinski definition) is 1. The predicted molar refractivity (Wildman–Crippen MR) is 111 cm³/mol. The van der Waals surface area contributed by atoms with Gasteiger partial charge in [0.15, 0.2) is 0 Å². The molecule has 29 heavy (non-hydrogen) atoms. The van der Waals surface area contributed by atoms with Crippen molar-refractivity contribution in [2.75, 3.05) is 25.0 Å². The summed E-state index contributed by atoms with van der Waals surface area (Å²) in [6.07, 6.45) is 1.79. The van der Waals surface area contributed by atoms with E-state index in [1.165, 1.54) is 0 Å². The Labute approximate surface area is 171 Å². The number of benzene rings is 2. The molecule has 2 aromatic rings. The lowest BCUT2D eigenvalue weighted by atomic mass is 9.82. The molecule has 1 fully saturated rings. The third-order valence-electron chi connectivity index (χ3n) is 5.84. The van der Waals surface area contributed by atoms with E-state index in [9.17, 15) is 13.2 Å². The first kappa shape index (κ1) is 19.9. The molecule has 1 saturated heterocycles. The quantitative estimate of drug-likeness (QED) is 0.817. The number of nitrogens with one attached hydrogen (secondary N) is 1. The highest BCUT2D eigenvalue weighted by Crippen LogP contribution is 2.35. The zero-order valence-corrected chi connectivity index (χ0v) is 17.3. The maximum absolute atomic E-state index is 13.0. The van der Waals surface area contributed by atoms with Crippen molar-refractivity contribution >= 4 is 21.6 Å². The van der Waals surface area contributed by atoms with E-state index in [1.54, 1.807) is 28.6 Å². The van der Waals surface area contributed by atoms with Gasteiger partial charge in [-0.15, -0.1) is 0 Å². The van der Waals surface area contributed by atoms with Crippen LogP contribution in [0.5, 0.6) is 5.75 Å². The Hall–Kier alpha value is -2.38. The molecule has 2 aliphatic heterocycles. The van der Waals surface area contributed by atoms with Crippen molar-refractivity contribution in [2.24, 2.45) is 11.8 Å². The lowest BCUT2D eigenvalue weighted by Crippen LogP contribution is -2.45. The van der Waals surface area contributed by atoms with Crippen molar-refractivity contribution in [1.29, 1.82) is 0 Å². The fourth-order valence-electron chi connectivity index (χ4n) is 4.23. The van der Waals surface area contributed by atoms with Gasteiger partial charge < -0.3 is 10.1 Å². The summed E-state index contributed by atoms with van der Waals surface area (Å²) in [6.45, 7) is 3.32. The maximum atomic E-state index is 13.0. The van der Waals surface area contributed by atoms with Crippen LogP contribution in [-0.2, 0) is 14.8 Å². The highest BCUT2D eigenvalue weighted by molar-refractivity contribution is 7.89. The SMILES string of the molecule is Cc1ccc2c(c1)NC(=O)C[C@@H]1CCN(S(=O)(=O)c3ccccc3)C[C@@H]1CCO2. The number of carbonyl (C=O) groups excluding carboxylic acids is 1.